The predicted molar refractivity (Wildman–Crippen MR) is 165 cm³/mol. The number of carbonyl (C=O) groups excluding carboxylic acids is 1. The van der Waals surface area contributed by atoms with Crippen LogP contribution in [0.3, 0.4) is 0 Å². The number of piperazine rings is 1. The van der Waals surface area contributed by atoms with Crippen LogP contribution in [-0.2, 0) is 17.8 Å². The maximum atomic E-state index is 12.1. The van der Waals surface area contributed by atoms with Crippen molar-refractivity contribution in [3.8, 4) is 12.1 Å². The van der Waals surface area contributed by atoms with E-state index in [2.05, 4.69) is 74.0 Å². The van der Waals surface area contributed by atoms with Crippen molar-refractivity contribution >= 4 is 44.1 Å². The van der Waals surface area contributed by atoms with Crippen LogP contribution in [0.5, 0.6) is 6.01 Å². The van der Waals surface area contributed by atoms with Crippen LogP contribution >= 0.6 is 15.9 Å². The Bertz CT molecular complexity index is 1440. The number of nitriles is 1. The zero-order valence-corrected chi connectivity index (χ0v) is 25.1. The number of rotatable bonds is 6. The molecule has 0 spiro atoms. The Morgan fingerprint density at radius 3 is 2.63 bits per heavy atom. The SMILES string of the molecule is C=CC(=O)N1CCN(c2nc(OCC3CCCN3)nc3c2CCN(c2cccc4cccc(Br)c24)C3)CC1.CC#N. The Morgan fingerprint density at radius 2 is 1.93 bits per heavy atom. The molecule has 1 N–H and O–H groups in total. The molecule has 3 aliphatic rings. The molecular formula is C31H36BrN7O2. The number of amides is 1. The Labute approximate surface area is 249 Å². The third kappa shape index (κ3) is 6.47. The van der Waals surface area contributed by atoms with Crippen molar-refractivity contribution in [2.75, 3.05) is 55.7 Å². The first-order valence-electron chi connectivity index (χ1n) is 14.2. The zero-order chi connectivity index (χ0) is 28.8. The summed E-state index contributed by atoms with van der Waals surface area (Å²) in [5.41, 5.74) is 3.41. The first-order valence-corrected chi connectivity index (χ1v) is 15.0. The molecule has 4 heterocycles. The monoisotopic (exact) mass is 617 g/mol. The lowest BCUT2D eigenvalue weighted by atomic mass is 10.0. The van der Waals surface area contributed by atoms with E-state index in [9.17, 15) is 4.79 Å². The van der Waals surface area contributed by atoms with E-state index in [1.807, 2.05) is 4.90 Å². The fourth-order valence-corrected chi connectivity index (χ4v) is 6.39. The maximum absolute atomic E-state index is 12.1. The highest BCUT2D eigenvalue weighted by Crippen LogP contribution is 2.37. The van der Waals surface area contributed by atoms with Gasteiger partial charge in [0, 0.05) is 66.8 Å². The number of fused-ring (bicyclic) bond motifs is 2. The largest absolute Gasteiger partial charge is 0.462 e. The second-order valence-electron chi connectivity index (χ2n) is 10.4. The lowest BCUT2D eigenvalue weighted by Gasteiger charge is -2.38. The van der Waals surface area contributed by atoms with Crippen molar-refractivity contribution in [2.45, 2.75) is 38.8 Å². The molecule has 41 heavy (non-hydrogen) atoms. The molecule has 1 amide bonds. The van der Waals surface area contributed by atoms with Crippen LogP contribution in [-0.4, -0.2) is 72.7 Å². The van der Waals surface area contributed by atoms with Crippen LogP contribution in [0.1, 0.15) is 31.0 Å². The van der Waals surface area contributed by atoms with E-state index in [0.29, 0.717) is 38.3 Å². The van der Waals surface area contributed by atoms with Crippen molar-refractivity contribution in [1.82, 2.24) is 20.2 Å². The van der Waals surface area contributed by atoms with Crippen molar-refractivity contribution in [2.24, 2.45) is 0 Å². The summed E-state index contributed by atoms with van der Waals surface area (Å²) in [6.45, 7) is 11.0. The summed E-state index contributed by atoms with van der Waals surface area (Å²) in [4.78, 5) is 28.6. The van der Waals surface area contributed by atoms with Gasteiger partial charge in [0.2, 0.25) is 5.91 Å². The molecule has 1 atom stereocenters. The zero-order valence-electron chi connectivity index (χ0n) is 23.5. The van der Waals surface area contributed by atoms with Crippen LogP contribution in [0, 0.1) is 11.3 Å². The Hall–Kier alpha value is -3.68. The van der Waals surface area contributed by atoms with Gasteiger partial charge in [0.05, 0.1) is 18.3 Å². The maximum Gasteiger partial charge on any atom is 0.318 e. The number of halogens is 1. The quantitative estimate of drug-likeness (QED) is 0.405. The van der Waals surface area contributed by atoms with Gasteiger partial charge in [-0.15, -0.1) is 0 Å². The molecule has 2 fully saturated rings. The molecule has 1 aromatic heterocycles. The minimum Gasteiger partial charge on any atom is -0.462 e. The minimum atomic E-state index is -0.0145. The molecular weight excluding hydrogens is 582 g/mol. The van der Waals surface area contributed by atoms with E-state index in [1.165, 1.54) is 41.4 Å². The van der Waals surface area contributed by atoms with Gasteiger partial charge in [-0.3, -0.25) is 4.79 Å². The van der Waals surface area contributed by atoms with Crippen molar-refractivity contribution in [3.05, 3.63) is 64.8 Å². The highest BCUT2D eigenvalue weighted by molar-refractivity contribution is 9.10. The average Bonchev–Trinajstić information content (AvgIpc) is 3.53. The van der Waals surface area contributed by atoms with Gasteiger partial charge in [0.15, 0.2) is 0 Å². The molecule has 2 aromatic carbocycles. The van der Waals surface area contributed by atoms with Crippen LogP contribution in [0.2, 0.25) is 0 Å². The van der Waals surface area contributed by atoms with Crippen molar-refractivity contribution < 1.29 is 9.53 Å². The van der Waals surface area contributed by atoms with E-state index >= 15 is 0 Å². The molecule has 1 unspecified atom stereocenters. The molecule has 214 valence electrons. The number of hydrogen-bond acceptors (Lipinski definition) is 8. The molecule has 0 aliphatic carbocycles. The van der Waals surface area contributed by atoms with Gasteiger partial charge in [-0.2, -0.15) is 15.2 Å². The summed E-state index contributed by atoms with van der Waals surface area (Å²) in [5.74, 6) is 0.938. The van der Waals surface area contributed by atoms with Gasteiger partial charge in [-0.1, -0.05) is 46.8 Å². The number of nitrogens with one attached hydrogen (secondary N) is 1. The molecule has 0 bridgehead atoms. The summed E-state index contributed by atoms with van der Waals surface area (Å²) >= 11 is 3.78. The second-order valence-corrected chi connectivity index (χ2v) is 11.2. The smallest absolute Gasteiger partial charge is 0.318 e. The molecule has 3 aliphatic heterocycles. The normalized spacial score (nSPS) is 18.3. The number of aromatic nitrogens is 2. The van der Waals surface area contributed by atoms with Crippen molar-refractivity contribution in [1.29, 1.82) is 5.26 Å². The topological polar surface area (TPSA) is 97.6 Å². The lowest BCUT2D eigenvalue weighted by molar-refractivity contribution is -0.126. The number of anilines is 2. The summed E-state index contributed by atoms with van der Waals surface area (Å²) in [6, 6.07) is 15.3. The van der Waals surface area contributed by atoms with Gasteiger partial charge in [0.1, 0.15) is 12.4 Å². The van der Waals surface area contributed by atoms with Gasteiger partial charge >= 0.3 is 6.01 Å². The third-order valence-electron chi connectivity index (χ3n) is 7.84. The predicted octanol–water partition coefficient (Wildman–Crippen LogP) is 4.45. The van der Waals surface area contributed by atoms with E-state index in [0.717, 1.165) is 55.0 Å². The molecule has 9 nitrogen and oxygen atoms in total. The van der Waals surface area contributed by atoms with E-state index in [4.69, 9.17) is 20.0 Å². The molecule has 2 saturated heterocycles. The third-order valence-corrected chi connectivity index (χ3v) is 8.50. The summed E-state index contributed by atoms with van der Waals surface area (Å²) in [7, 11) is 0. The van der Waals surface area contributed by atoms with Crippen LogP contribution in [0.4, 0.5) is 11.5 Å². The molecule has 6 rings (SSSR count). The number of carbonyl (C=O) groups is 1. The van der Waals surface area contributed by atoms with Crippen LogP contribution in [0.25, 0.3) is 10.8 Å². The van der Waals surface area contributed by atoms with Crippen LogP contribution in [0.15, 0.2) is 53.5 Å². The standard InChI is InChI=1S/C29H33BrN6O2.C2H3N/c1-2-26(37)34-14-16-35(17-15-34)28-22-11-13-36(25-10-4-7-20-6-3-9-23(30)27(20)25)18-24(22)32-29(33-28)38-19-21-8-5-12-31-21;1-2-3/h2-4,6-7,9-10,21,31H,1,5,8,11-19H2;1H3. The number of ether oxygens (including phenoxy) is 1. The lowest BCUT2D eigenvalue weighted by Crippen LogP contribution is -2.49. The second kappa shape index (κ2) is 13.3. The Morgan fingerprint density at radius 1 is 1.17 bits per heavy atom. The van der Waals surface area contributed by atoms with Gasteiger partial charge < -0.3 is 24.8 Å². The molecule has 10 heteroatoms. The highest BCUT2D eigenvalue weighted by Gasteiger charge is 2.29. The summed E-state index contributed by atoms with van der Waals surface area (Å²) in [6.07, 6.45) is 4.53. The fraction of sp³-hybridized carbons (Fsp3) is 0.419. The van der Waals surface area contributed by atoms with E-state index in [1.54, 1.807) is 6.07 Å². The Balaban J connectivity index is 0.00000108. The van der Waals surface area contributed by atoms with E-state index < -0.39 is 0 Å². The van der Waals surface area contributed by atoms with Crippen molar-refractivity contribution in [3.63, 3.8) is 0 Å². The summed E-state index contributed by atoms with van der Waals surface area (Å²) in [5, 5.41) is 13.2. The first-order chi connectivity index (χ1) is 20.0. The van der Waals surface area contributed by atoms with Gasteiger partial charge in [0.25, 0.3) is 0 Å². The van der Waals surface area contributed by atoms with E-state index in [-0.39, 0.29) is 5.91 Å². The molecule has 0 radical (unpaired) electrons. The highest BCUT2D eigenvalue weighted by atomic mass is 79.9. The number of hydrogen-bond donors (Lipinski definition) is 1. The van der Waals surface area contributed by atoms with Gasteiger partial charge in [-0.25, -0.2) is 0 Å². The number of nitrogens with zero attached hydrogens (tertiary/aromatic N) is 6. The van der Waals surface area contributed by atoms with Gasteiger partial charge in [-0.05, 0) is 49.4 Å². The molecule has 0 saturated carbocycles. The number of benzene rings is 2. The molecule has 3 aromatic rings. The average molecular weight is 619 g/mol. The minimum absolute atomic E-state index is 0.0145. The first kappa shape index (κ1) is 28.8. The van der Waals surface area contributed by atoms with Crippen LogP contribution < -0.4 is 19.9 Å². The fourth-order valence-electron chi connectivity index (χ4n) is 5.80. The summed E-state index contributed by atoms with van der Waals surface area (Å²) < 4.78 is 7.28. The Kier molecular flexibility index (Phi) is 9.37.